The van der Waals surface area contributed by atoms with E-state index >= 15 is 0 Å². The fourth-order valence-electron chi connectivity index (χ4n) is 2.47. The Kier molecular flexibility index (Phi) is 5.85. The number of rotatable bonds is 6. The lowest BCUT2D eigenvalue weighted by Crippen LogP contribution is -2.47. The van der Waals surface area contributed by atoms with E-state index in [4.69, 9.17) is 10.00 Å². The van der Waals surface area contributed by atoms with E-state index < -0.39 is 0 Å². The largest absolute Gasteiger partial charge is 0.379 e. The zero-order valence-electron chi connectivity index (χ0n) is 12.2. The maximum atomic E-state index is 8.43. The van der Waals surface area contributed by atoms with E-state index in [1.807, 2.05) is 0 Å². The molecule has 1 fully saturated rings. The number of nitriles is 1. The third-order valence-corrected chi connectivity index (χ3v) is 3.65. The summed E-state index contributed by atoms with van der Waals surface area (Å²) >= 11 is 0. The number of anilines is 1. The van der Waals surface area contributed by atoms with Crippen molar-refractivity contribution < 1.29 is 4.74 Å². The van der Waals surface area contributed by atoms with Gasteiger partial charge in [-0.2, -0.15) is 5.26 Å². The molecule has 2 rings (SSSR count). The van der Waals surface area contributed by atoms with Crippen LogP contribution >= 0.6 is 0 Å². The van der Waals surface area contributed by atoms with Gasteiger partial charge < -0.3 is 9.64 Å². The van der Waals surface area contributed by atoms with E-state index in [-0.39, 0.29) is 0 Å². The molecule has 1 aromatic carbocycles. The van der Waals surface area contributed by atoms with Crippen LogP contribution in [-0.2, 0) is 4.74 Å². The quantitative estimate of drug-likeness (QED) is 0.744. The molecule has 0 bridgehead atoms. The number of nitrogens with zero attached hydrogens (tertiary/aromatic N) is 3. The molecular weight excluding hydrogens is 250 g/mol. The normalized spacial score (nSPS) is 16.1. The maximum Gasteiger partial charge on any atom is 0.0645 e. The molecule has 0 spiro atoms. The van der Waals surface area contributed by atoms with Crippen molar-refractivity contribution in [1.29, 1.82) is 5.26 Å². The second-order valence-electron chi connectivity index (χ2n) is 5.19. The van der Waals surface area contributed by atoms with Gasteiger partial charge in [0.1, 0.15) is 0 Å². The fraction of sp³-hybridized carbons (Fsp3) is 0.562. The smallest absolute Gasteiger partial charge is 0.0645 e. The first-order valence-electron chi connectivity index (χ1n) is 7.28. The maximum absolute atomic E-state index is 8.43. The van der Waals surface area contributed by atoms with E-state index in [0.29, 0.717) is 13.0 Å². The summed E-state index contributed by atoms with van der Waals surface area (Å²) in [5.74, 6) is 0. The Morgan fingerprint density at radius 3 is 2.70 bits per heavy atom. The van der Waals surface area contributed by atoms with Gasteiger partial charge in [-0.05, 0) is 24.6 Å². The Balaban J connectivity index is 1.69. The van der Waals surface area contributed by atoms with Crippen molar-refractivity contribution >= 4 is 5.69 Å². The Morgan fingerprint density at radius 2 is 2.00 bits per heavy atom. The zero-order valence-corrected chi connectivity index (χ0v) is 12.2. The van der Waals surface area contributed by atoms with Crippen molar-refractivity contribution in [3.63, 3.8) is 0 Å². The highest BCUT2D eigenvalue weighted by molar-refractivity contribution is 5.48. The Labute approximate surface area is 121 Å². The van der Waals surface area contributed by atoms with E-state index in [0.717, 1.165) is 39.3 Å². The highest BCUT2D eigenvalue weighted by Crippen LogP contribution is 2.17. The molecule has 4 nitrogen and oxygen atoms in total. The summed E-state index contributed by atoms with van der Waals surface area (Å²) in [4.78, 5) is 4.87. The summed E-state index contributed by atoms with van der Waals surface area (Å²) in [5, 5.41) is 8.43. The third kappa shape index (κ3) is 4.52. The van der Waals surface area contributed by atoms with Crippen LogP contribution in [0, 0.1) is 18.3 Å². The summed E-state index contributed by atoms with van der Waals surface area (Å²) in [6.07, 6.45) is 0.487. The van der Waals surface area contributed by atoms with Crippen molar-refractivity contribution in [2.75, 3.05) is 50.8 Å². The topological polar surface area (TPSA) is 39.5 Å². The Bertz CT molecular complexity index is 447. The van der Waals surface area contributed by atoms with Crippen LogP contribution in [0.5, 0.6) is 0 Å². The van der Waals surface area contributed by atoms with Crippen LogP contribution in [0.3, 0.4) is 0 Å². The van der Waals surface area contributed by atoms with Crippen LogP contribution in [0.1, 0.15) is 12.0 Å². The number of piperazine rings is 1. The van der Waals surface area contributed by atoms with Crippen LogP contribution in [0.15, 0.2) is 24.3 Å². The molecule has 0 unspecified atom stereocenters. The van der Waals surface area contributed by atoms with Gasteiger partial charge in [0.2, 0.25) is 0 Å². The first kappa shape index (κ1) is 14.8. The molecule has 1 aliphatic heterocycles. The predicted molar refractivity (Wildman–Crippen MR) is 80.9 cm³/mol. The molecule has 1 heterocycles. The molecule has 1 saturated heterocycles. The van der Waals surface area contributed by atoms with Gasteiger partial charge in [-0.1, -0.05) is 12.1 Å². The molecular formula is C16H23N3O. The summed E-state index contributed by atoms with van der Waals surface area (Å²) in [7, 11) is 0. The second-order valence-corrected chi connectivity index (χ2v) is 5.19. The minimum Gasteiger partial charge on any atom is -0.379 e. The molecule has 0 N–H and O–H groups in total. The molecule has 1 aliphatic rings. The van der Waals surface area contributed by atoms with Crippen molar-refractivity contribution in [2.24, 2.45) is 0 Å². The summed E-state index contributed by atoms with van der Waals surface area (Å²) in [6, 6.07) is 10.8. The van der Waals surface area contributed by atoms with Crippen molar-refractivity contribution in [2.45, 2.75) is 13.3 Å². The minimum absolute atomic E-state index is 0.487. The van der Waals surface area contributed by atoms with E-state index in [1.165, 1.54) is 11.3 Å². The number of hydrogen-bond donors (Lipinski definition) is 0. The van der Waals surface area contributed by atoms with Crippen molar-refractivity contribution in [1.82, 2.24) is 4.90 Å². The number of hydrogen-bond acceptors (Lipinski definition) is 4. The van der Waals surface area contributed by atoms with Gasteiger partial charge in [-0.15, -0.1) is 0 Å². The summed E-state index contributed by atoms with van der Waals surface area (Å²) in [6.45, 7) is 8.69. The van der Waals surface area contributed by atoms with Crippen LogP contribution in [0.25, 0.3) is 0 Å². The third-order valence-electron chi connectivity index (χ3n) is 3.65. The monoisotopic (exact) mass is 273 g/mol. The lowest BCUT2D eigenvalue weighted by Gasteiger charge is -2.36. The molecule has 108 valence electrons. The van der Waals surface area contributed by atoms with Gasteiger partial charge in [0, 0.05) is 38.4 Å². The fourth-order valence-corrected chi connectivity index (χ4v) is 2.47. The molecule has 0 radical (unpaired) electrons. The number of aryl methyl sites for hydroxylation is 1. The van der Waals surface area contributed by atoms with Crippen LogP contribution < -0.4 is 4.90 Å². The summed E-state index contributed by atoms with van der Waals surface area (Å²) < 4.78 is 5.43. The van der Waals surface area contributed by atoms with Crippen molar-refractivity contribution in [3.8, 4) is 6.07 Å². The van der Waals surface area contributed by atoms with E-state index in [9.17, 15) is 0 Å². The number of benzene rings is 1. The van der Waals surface area contributed by atoms with Gasteiger partial charge in [0.05, 0.1) is 25.7 Å². The molecule has 0 aromatic heterocycles. The van der Waals surface area contributed by atoms with Gasteiger partial charge >= 0.3 is 0 Å². The second kappa shape index (κ2) is 7.88. The minimum atomic E-state index is 0.487. The van der Waals surface area contributed by atoms with Gasteiger partial charge in [0.25, 0.3) is 0 Å². The van der Waals surface area contributed by atoms with Gasteiger partial charge in [-0.3, -0.25) is 4.90 Å². The van der Waals surface area contributed by atoms with Gasteiger partial charge in [0.15, 0.2) is 0 Å². The average Bonchev–Trinajstić information content (AvgIpc) is 2.48. The Morgan fingerprint density at radius 1 is 1.20 bits per heavy atom. The van der Waals surface area contributed by atoms with E-state index in [1.54, 1.807) is 0 Å². The standard InChI is InChI=1S/C16H23N3O/c1-15-4-2-5-16(14-15)19-9-7-18(8-10-19)11-13-20-12-3-6-17/h2,4-5,14H,3,7-13H2,1H3. The molecule has 0 aliphatic carbocycles. The zero-order chi connectivity index (χ0) is 14.2. The molecule has 4 heteroatoms. The van der Waals surface area contributed by atoms with E-state index in [2.05, 4.69) is 47.1 Å². The molecule has 1 aromatic rings. The lowest BCUT2D eigenvalue weighted by atomic mass is 10.2. The predicted octanol–water partition coefficient (Wildman–Crippen LogP) is 2.05. The summed E-state index contributed by atoms with van der Waals surface area (Å²) in [5.41, 5.74) is 2.64. The average molecular weight is 273 g/mol. The molecule has 20 heavy (non-hydrogen) atoms. The Hall–Kier alpha value is -1.57. The van der Waals surface area contributed by atoms with Gasteiger partial charge in [-0.25, -0.2) is 0 Å². The number of ether oxygens (including phenoxy) is 1. The SMILES string of the molecule is Cc1cccc(N2CCN(CCOCCC#N)CC2)c1. The highest BCUT2D eigenvalue weighted by Gasteiger charge is 2.16. The molecule has 0 atom stereocenters. The molecule has 0 saturated carbocycles. The highest BCUT2D eigenvalue weighted by atomic mass is 16.5. The van der Waals surface area contributed by atoms with Crippen molar-refractivity contribution in [3.05, 3.63) is 29.8 Å². The van der Waals surface area contributed by atoms with Crippen LogP contribution in [0.2, 0.25) is 0 Å². The van der Waals surface area contributed by atoms with Crippen LogP contribution in [-0.4, -0.2) is 50.8 Å². The first-order valence-corrected chi connectivity index (χ1v) is 7.28. The van der Waals surface area contributed by atoms with Crippen LogP contribution in [0.4, 0.5) is 5.69 Å². The lowest BCUT2D eigenvalue weighted by molar-refractivity contribution is 0.105. The first-order chi connectivity index (χ1) is 9.79. The molecule has 0 amide bonds.